The van der Waals surface area contributed by atoms with Crippen LogP contribution in [0.2, 0.25) is 0 Å². The molecule has 70 valence electrons. The van der Waals surface area contributed by atoms with Crippen LogP contribution < -0.4 is 4.74 Å². The van der Waals surface area contributed by atoms with Gasteiger partial charge in [0.15, 0.2) is 0 Å². The van der Waals surface area contributed by atoms with Crippen molar-refractivity contribution in [1.29, 1.82) is 0 Å². The van der Waals surface area contributed by atoms with Crippen LogP contribution in [0, 0.1) is 5.82 Å². The summed E-state index contributed by atoms with van der Waals surface area (Å²) in [4.78, 5) is 0. The quantitative estimate of drug-likeness (QED) is 0.536. The highest BCUT2D eigenvalue weighted by molar-refractivity contribution is 6.19. The van der Waals surface area contributed by atoms with Crippen LogP contribution in [-0.2, 0) is 0 Å². The van der Waals surface area contributed by atoms with Gasteiger partial charge in [-0.05, 0) is 17.7 Å². The van der Waals surface area contributed by atoms with Gasteiger partial charge < -0.3 is 4.74 Å². The zero-order valence-electron chi connectivity index (χ0n) is 7.09. The fourth-order valence-electron chi connectivity index (χ4n) is 0.781. The standard InChI is InChI=1S/C10H10ClFO/c1-8(6-11)7-13-10-4-2-3-9(12)5-10/h2-5H,1,6-7H2. The maximum Gasteiger partial charge on any atom is 0.126 e. The largest absolute Gasteiger partial charge is 0.489 e. The molecule has 3 heteroatoms. The third kappa shape index (κ3) is 3.47. The van der Waals surface area contributed by atoms with Gasteiger partial charge in [0.25, 0.3) is 0 Å². The Kier molecular flexibility index (Phi) is 3.77. The zero-order valence-corrected chi connectivity index (χ0v) is 7.85. The first kappa shape index (κ1) is 10.1. The first-order valence-electron chi connectivity index (χ1n) is 3.83. The second-order valence-electron chi connectivity index (χ2n) is 2.63. The summed E-state index contributed by atoms with van der Waals surface area (Å²) in [6.07, 6.45) is 0. The van der Waals surface area contributed by atoms with Crippen LogP contribution in [0.3, 0.4) is 0 Å². The molecule has 0 heterocycles. The summed E-state index contributed by atoms with van der Waals surface area (Å²) in [6.45, 7) is 3.99. The molecule has 0 amide bonds. The summed E-state index contributed by atoms with van der Waals surface area (Å²) < 4.78 is 17.9. The summed E-state index contributed by atoms with van der Waals surface area (Å²) in [5, 5.41) is 0. The smallest absolute Gasteiger partial charge is 0.126 e. The lowest BCUT2D eigenvalue weighted by molar-refractivity contribution is 0.351. The van der Waals surface area contributed by atoms with Crippen molar-refractivity contribution in [2.24, 2.45) is 0 Å². The SMILES string of the molecule is C=C(CCl)COc1cccc(F)c1. The highest BCUT2D eigenvalue weighted by atomic mass is 35.5. The predicted octanol–water partition coefficient (Wildman–Crippen LogP) is 3.00. The molecule has 0 saturated heterocycles. The van der Waals surface area contributed by atoms with E-state index in [1.807, 2.05) is 0 Å². The Morgan fingerprint density at radius 1 is 1.54 bits per heavy atom. The second kappa shape index (κ2) is 4.87. The second-order valence-corrected chi connectivity index (χ2v) is 2.90. The van der Waals surface area contributed by atoms with E-state index in [1.54, 1.807) is 12.1 Å². The van der Waals surface area contributed by atoms with E-state index in [1.165, 1.54) is 12.1 Å². The van der Waals surface area contributed by atoms with Crippen molar-refractivity contribution in [3.63, 3.8) is 0 Å². The Morgan fingerprint density at radius 3 is 2.92 bits per heavy atom. The van der Waals surface area contributed by atoms with Gasteiger partial charge in [0, 0.05) is 11.9 Å². The van der Waals surface area contributed by atoms with Gasteiger partial charge in [-0.1, -0.05) is 12.6 Å². The van der Waals surface area contributed by atoms with Crippen LogP contribution in [0.1, 0.15) is 0 Å². The Labute approximate surface area is 81.8 Å². The highest BCUT2D eigenvalue weighted by Crippen LogP contribution is 2.12. The molecule has 0 fully saturated rings. The van der Waals surface area contributed by atoms with E-state index >= 15 is 0 Å². The van der Waals surface area contributed by atoms with Gasteiger partial charge in [0.05, 0.1) is 0 Å². The van der Waals surface area contributed by atoms with E-state index in [2.05, 4.69) is 6.58 Å². The summed E-state index contributed by atoms with van der Waals surface area (Å²) in [5.41, 5.74) is 0.769. The van der Waals surface area contributed by atoms with E-state index in [0.717, 1.165) is 5.57 Å². The van der Waals surface area contributed by atoms with E-state index in [4.69, 9.17) is 16.3 Å². The van der Waals surface area contributed by atoms with Crippen molar-refractivity contribution in [2.45, 2.75) is 0 Å². The van der Waals surface area contributed by atoms with Crippen LogP contribution in [0.15, 0.2) is 36.4 Å². The van der Waals surface area contributed by atoms with E-state index in [0.29, 0.717) is 18.2 Å². The Morgan fingerprint density at radius 2 is 2.31 bits per heavy atom. The molecular weight excluding hydrogens is 191 g/mol. The average Bonchev–Trinajstić information content (AvgIpc) is 2.14. The molecule has 0 aliphatic rings. The highest BCUT2D eigenvalue weighted by Gasteiger charge is 1.96. The number of alkyl halides is 1. The van der Waals surface area contributed by atoms with Crippen molar-refractivity contribution < 1.29 is 9.13 Å². The van der Waals surface area contributed by atoms with Gasteiger partial charge in [-0.3, -0.25) is 0 Å². The molecule has 1 rings (SSSR count). The molecule has 1 aromatic carbocycles. The molecule has 0 aromatic heterocycles. The van der Waals surface area contributed by atoms with Crippen molar-refractivity contribution in [3.8, 4) is 5.75 Å². The normalized spacial score (nSPS) is 9.69. The van der Waals surface area contributed by atoms with Crippen LogP contribution in [0.4, 0.5) is 4.39 Å². The molecule has 0 aliphatic carbocycles. The number of hydrogen-bond acceptors (Lipinski definition) is 1. The maximum absolute atomic E-state index is 12.6. The molecule has 0 spiro atoms. The lowest BCUT2D eigenvalue weighted by atomic mass is 10.3. The van der Waals surface area contributed by atoms with Crippen LogP contribution in [0.25, 0.3) is 0 Å². The molecule has 0 radical (unpaired) electrons. The Balaban J connectivity index is 2.50. The molecule has 0 saturated carbocycles. The number of hydrogen-bond donors (Lipinski definition) is 0. The van der Waals surface area contributed by atoms with Gasteiger partial charge in [-0.15, -0.1) is 11.6 Å². The van der Waals surface area contributed by atoms with Crippen LogP contribution >= 0.6 is 11.6 Å². The minimum Gasteiger partial charge on any atom is -0.489 e. The summed E-state index contributed by atoms with van der Waals surface area (Å²) in [6, 6.07) is 5.96. The number of benzene rings is 1. The third-order valence-electron chi connectivity index (χ3n) is 1.43. The molecule has 1 aromatic rings. The molecule has 13 heavy (non-hydrogen) atoms. The van der Waals surface area contributed by atoms with Gasteiger partial charge in [0.1, 0.15) is 18.2 Å². The van der Waals surface area contributed by atoms with Gasteiger partial charge in [-0.25, -0.2) is 4.39 Å². The average molecular weight is 201 g/mol. The minimum absolute atomic E-state index is 0.311. The van der Waals surface area contributed by atoms with Crippen LogP contribution in [-0.4, -0.2) is 12.5 Å². The minimum atomic E-state index is -0.311. The Hall–Kier alpha value is -1.02. The van der Waals surface area contributed by atoms with E-state index in [-0.39, 0.29) is 5.82 Å². The van der Waals surface area contributed by atoms with Gasteiger partial charge in [-0.2, -0.15) is 0 Å². The molecule has 0 aliphatic heterocycles. The zero-order chi connectivity index (χ0) is 9.68. The summed E-state index contributed by atoms with van der Waals surface area (Å²) >= 11 is 5.50. The van der Waals surface area contributed by atoms with E-state index in [9.17, 15) is 4.39 Å². The lowest BCUT2D eigenvalue weighted by Gasteiger charge is -2.05. The monoisotopic (exact) mass is 200 g/mol. The first-order chi connectivity index (χ1) is 6.22. The molecule has 0 atom stereocenters. The maximum atomic E-state index is 12.6. The fourth-order valence-corrected chi connectivity index (χ4v) is 0.858. The lowest BCUT2D eigenvalue weighted by Crippen LogP contribution is -2.01. The topological polar surface area (TPSA) is 9.23 Å². The van der Waals surface area contributed by atoms with Crippen molar-refractivity contribution in [3.05, 3.63) is 42.2 Å². The number of rotatable bonds is 4. The molecule has 0 unspecified atom stereocenters. The van der Waals surface area contributed by atoms with E-state index < -0.39 is 0 Å². The predicted molar refractivity (Wildman–Crippen MR) is 51.8 cm³/mol. The summed E-state index contributed by atoms with van der Waals surface area (Å²) in [7, 11) is 0. The summed E-state index contributed by atoms with van der Waals surface area (Å²) in [5.74, 6) is 0.537. The van der Waals surface area contributed by atoms with Gasteiger partial charge >= 0.3 is 0 Å². The van der Waals surface area contributed by atoms with Crippen molar-refractivity contribution >= 4 is 11.6 Å². The molecule has 0 N–H and O–H groups in total. The van der Waals surface area contributed by atoms with Crippen LogP contribution in [0.5, 0.6) is 5.75 Å². The van der Waals surface area contributed by atoms with Gasteiger partial charge in [0.2, 0.25) is 0 Å². The fraction of sp³-hybridized carbons (Fsp3) is 0.200. The number of ether oxygens (including phenoxy) is 1. The molecule has 0 bridgehead atoms. The number of halogens is 2. The van der Waals surface area contributed by atoms with Crippen molar-refractivity contribution in [2.75, 3.05) is 12.5 Å². The molecule has 1 nitrogen and oxygen atoms in total. The first-order valence-corrected chi connectivity index (χ1v) is 4.37. The Bertz CT molecular complexity index is 299. The molecular formula is C10H10ClFO. The van der Waals surface area contributed by atoms with Crippen molar-refractivity contribution in [1.82, 2.24) is 0 Å². The third-order valence-corrected chi connectivity index (χ3v) is 1.81.